The molecule has 1 aliphatic heterocycles. The lowest BCUT2D eigenvalue weighted by atomic mass is 10.0. The van der Waals surface area contributed by atoms with Gasteiger partial charge in [0.15, 0.2) is 0 Å². The maximum atomic E-state index is 14.0. The molecule has 18 heavy (non-hydrogen) atoms. The molecular formula is C15H16FNO. The van der Waals surface area contributed by atoms with Crippen LogP contribution in [0.4, 0.5) is 4.39 Å². The van der Waals surface area contributed by atoms with Gasteiger partial charge >= 0.3 is 0 Å². The van der Waals surface area contributed by atoms with Crippen molar-refractivity contribution < 1.29 is 9.13 Å². The predicted octanol–water partition coefficient (Wildman–Crippen LogP) is 3.24. The molecule has 0 fully saturated rings. The van der Waals surface area contributed by atoms with Crippen LogP contribution in [0.25, 0.3) is 10.8 Å². The maximum Gasteiger partial charge on any atom is 0.132 e. The van der Waals surface area contributed by atoms with Crippen molar-refractivity contribution in [2.24, 2.45) is 0 Å². The number of ether oxygens (including phenoxy) is 1. The fraction of sp³-hybridized carbons (Fsp3) is 0.333. The summed E-state index contributed by atoms with van der Waals surface area (Å²) in [6.45, 7) is 3.57. The molecule has 94 valence electrons. The first kappa shape index (κ1) is 11.5. The predicted molar refractivity (Wildman–Crippen MR) is 70.3 cm³/mol. The lowest BCUT2D eigenvalue weighted by Crippen LogP contribution is -2.27. The van der Waals surface area contributed by atoms with Gasteiger partial charge in [-0.3, -0.25) is 0 Å². The zero-order valence-corrected chi connectivity index (χ0v) is 10.4. The molecule has 0 saturated heterocycles. The van der Waals surface area contributed by atoms with Crippen molar-refractivity contribution in [3.63, 3.8) is 0 Å². The van der Waals surface area contributed by atoms with Gasteiger partial charge in [-0.05, 0) is 12.5 Å². The van der Waals surface area contributed by atoms with E-state index in [1.165, 1.54) is 0 Å². The molecule has 3 heteroatoms. The third kappa shape index (κ3) is 1.85. The van der Waals surface area contributed by atoms with E-state index in [-0.39, 0.29) is 11.9 Å². The lowest BCUT2D eigenvalue weighted by molar-refractivity contribution is 0.204. The second-order valence-corrected chi connectivity index (χ2v) is 4.67. The fourth-order valence-electron chi connectivity index (χ4n) is 2.43. The summed E-state index contributed by atoms with van der Waals surface area (Å²) in [5.41, 5.74) is 0.905. The van der Waals surface area contributed by atoms with E-state index < -0.39 is 0 Å². The van der Waals surface area contributed by atoms with E-state index in [0.717, 1.165) is 29.7 Å². The van der Waals surface area contributed by atoms with E-state index in [4.69, 9.17) is 4.74 Å². The quantitative estimate of drug-likeness (QED) is 0.832. The largest absolute Gasteiger partial charge is 0.488 e. The zero-order chi connectivity index (χ0) is 12.5. The molecular weight excluding hydrogens is 229 g/mol. The Balaban J connectivity index is 2.22. The summed E-state index contributed by atoms with van der Waals surface area (Å²) in [6.07, 6.45) is 1.10. The second kappa shape index (κ2) is 4.58. The number of hydrogen-bond acceptors (Lipinski definition) is 2. The first-order chi connectivity index (χ1) is 8.79. The highest BCUT2D eigenvalue weighted by Crippen LogP contribution is 2.34. The number of hydrogen-bond donors (Lipinski definition) is 1. The van der Waals surface area contributed by atoms with Gasteiger partial charge in [-0.25, -0.2) is 4.39 Å². The molecule has 1 aliphatic rings. The van der Waals surface area contributed by atoms with Crippen molar-refractivity contribution in [1.29, 1.82) is 0 Å². The van der Waals surface area contributed by atoms with Crippen molar-refractivity contribution in [3.05, 3.63) is 41.7 Å². The summed E-state index contributed by atoms with van der Waals surface area (Å²) in [4.78, 5) is 0. The summed E-state index contributed by atoms with van der Waals surface area (Å²) in [7, 11) is 0. The Kier molecular flexibility index (Phi) is 2.92. The molecule has 3 rings (SSSR count). The highest BCUT2D eigenvalue weighted by Gasteiger charge is 2.19. The standard InChI is InChI=1S/C15H16FNO/c1-2-11-9-17-8-10-7-14(16)12-5-3-4-6-13(12)15(10)18-11/h3-7,11,17H,2,8-9H2,1H3/t11-/m1/s1. The molecule has 2 aromatic carbocycles. The molecule has 2 nitrogen and oxygen atoms in total. The monoisotopic (exact) mass is 245 g/mol. The van der Waals surface area contributed by atoms with Gasteiger partial charge in [-0.2, -0.15) is 0 Å². The average molecular weight is 245 g/mol. The van der Waals surface area contributed by atoms with Crippen LogP contribution in [-0.2, 0) is 6.54 Å². The smallest absolute Gasteiger partial charge is 0.132 e. The Labute approximate surface area is 106 Å². The summed E-state index contributed by atoms with van der Waals surface area (Å²) in [5.74, 6) is 0.661. The molecule has 1 atom stereocenters. The van der Waals surface area contributed by atoms with Gasteiger partial charge in [0, 0.05) is 29.4 Å². The number of rotatable bonds is 1. The molecule has 0 saturated carbocycles. The van der Waals surface area contributed by atoms with Crippen LogP contribution in [0.1, 0.15) is 18.9 Å². The molecule has 0 unspecified atom stereocenters. The summed E-state index contributed by atoms with van der Waals surface area (Å²) >= 11 is 0. The molecule has 0 aliphatic carbocycles. The Morgan fingerprint density at radius 2 is 2.11 bits per heavy atom. The molecule has 2 aromatic rings. The van der Waals surface area contributed by atoms with Crippen molar-refractivity contribution >= 4 is 10.8 Å². The van der Waals surface area contributed by atoms with Gasteiger partial charge in [0.2, 0.25) is 0 Å². The Bertz CT molecular complexity index is 582. The van der Waals surface area contributed by atoms with Crippen LogP contribution in [0.3, 0.4) is 0 Å². The number of halogens is 1. The average Bonchev–Trinajstić information content (AvgIpc) is 2.61. The minimum atomic E-state index is -0.176. The molecule has 1 heterocycles. The van der Waals surface area contributed by atoms with Crippen LogP contribution < -0.4 is 10.1 Å². The first-order valence-electron chi connectivity index (χ1n) is 6.37. The van der Waals surface area contributed by atoms with Gasteiger partial charge in [-0.1, -0.05) is 31.2 Å². The molecule has 0 bridgehead atoms. The van der Waals surface area contributed by atoms with Gasteiger partial charge in [-0.15, -0.1) is 0 Å². The molecule has 0 aromatic heterocycles. The number of benzene rings is 2. The van der Waals surface area contributed by atoms with E-state index in [9.17, 15) is 4.39 Å². The normalized spacial score (nSPS) is 19.1. The fourth-order valence-corrected chi connectivity index (χ4v) is 2.43. The van der Waals surface area contributed by atoms with Crippen molar-refractivity contribution in [1.82, 2.24) is 5.32 Å². The minimum absolute atomic E-state index is 0.153. The highest BCUT2D eigenvalue weighted by atomic mass is 19.1. The van der Waals surface area contributed by atoms with Gasteiger partial charge in [0.05, 0.1) is 0 Å². The second-order valence-electron chi connectivity index (χ2n) is 4.67. The Morgan fingerprint density at radius 1 is 1.33 bits per heavy atom. The van der Waals surface area contributed by atoms with Crippen LogP contribution in [0.2, 0.25) is 0 Å². The van der Waals surface area contributed by atoms with Crippen LogP contribution >= 0.6 is 0 Å². The van der Waals surface area contributed by atoms with Crippen molar-refractivity contribution in [3.8, 4) is 5.75 Å². The summed E-state index contributed by atoms with van der Waals surface area (Å²) in [5, 5.41) is 4.81. The molecule has 0 amide bonds. The van der Waals surface area contributed by atoms with E-state index in [1.807, 2.05) is 18.2 Å². The molecule has 0 spiro atoms. The van der Waals surface area contributed by atoms with E-state index in [1.54, 1.807) is 12.1 Å². The van der Waals surface area contributed by atoms with Gasteiger partial charge < -0.3 is 10.1 Å². The van der Waals surface area contributed by atoms with E-state index in [0.29, 0.717) is 11.9 Å². The zero-order valence-electron chi connectivity index (χ0n) is 10.4. The van der Waals surface area contributed by atoms with Crippen molar-refractivity contribution in [2.45, 2.75) is 26.0 Å². The van der Waals surface area contributed by atoms with Crippen LogP contribution in [-0.4, -0.2) is 12.6 Å². The van der Waals surface area contributed by atoms with E-state index >= 15 is 0 Å². The van der Waals surface area contributed by atoms with Crippen molar-refractivity contribution in [2.75, 3.05) is 6.54 Å². The topological polar surface area (TPSA) is 21.3 Å². The lowest BCUT2D eigenvalue weighted by Gasteiger charge is -2.17. The third-order valence-corrected chi connectivity index (χ3v) is 3.45. The van der Waals surface area contributed by atoms with Crippen LogP contribution in [0, 0.1) is 5.82 Å². The number of fused-ring (bicyclic) bond motifs is 3. The maximum absolute atomic E-state index is 14.0. The number of nitrogens with one attached hydrogen (secondary N) is 1. The summed E-state index contributed by atoms with van der Waals surface area (Å²) in [6, 6.07) is 9.08. The highest BCUT2D eigenvalue weighted by molar-refractivity contribution is 5.90. The van der Waals surface area contributed by atoms with E-state index in [2.05, 4.69) is 12.2 Å². The Morgan fingerprint density at radius 3 is 2.89 bits per heavy atom. The molecule has 0 radical (unpaired) electrons. The van der Waals surface area contributed by atoms with Crippen LogP contribution in [0.5, 0.6) is 5.75 Å². The molecule has 1 N–H and O–H groups in total. The minimum Gasteiger partial charge on any atom is -0.488 e. The Hall–Kier alpha value is -1.61. The van der Waals surface area contributed by atoms with Gasteiger partial charge in [0.25, 0.3) is 0 Å². The SMILES string of the molecule is CC[C@@H]1CNCc2cc(F)c3ccccc3c2O1. The van der Waals surface area contributed by atoms with Gasteiger partial charge in [0.1, 0.15) is 17.7 Å². The van der Waals surface area contributed by atoms with Crippen LogP contribution in [0.15, 0.2) is 30.3 Å². The summed E-state index contributed by atoms with van der Waals surface area (Å²) < 4.78 is 20.0. The third-order valence-electron chi connectivity index (χ3n) is 3.45. The first-order valence-corrected chi connectivity index (χ1v) is 6.37.